The summed E-state index contributed by atoms with van der Waals surface area (Å²) >= 11 is 19.4. The Labute approximate surface area is 145 Å². The molecule has 0 radical (unpaired) electrons. The van der Waals surface area contributed by atoms with Crippen molar-refractivity contribution in [1.29, 1.82) is 0 Å². The number of fused-ring (bicyclic) bond motifs is 1. The number of nitrogens with one attached hydrogen (secondary N) is 1. The minimum absolute atomic E-state index is 0.292. The average molecular weight is 372 g/mol. The van der Waals surface area contributed by atoms with Gasteiger partial charge >= 0.3 is 0 Å². The van der Waals surface area contributed by atoms with Crippen LogP contribution in [0.4, 0.5) is 5.13 Å². The molecule has 7 heteroatoms. The third-order valence-corrected chi connectivity index (χ3v) is 5.07. The zero-order valence-electron chi connectivity index (χ0n) is 11.3. The number of carbonyl (C=O) groups is 1. The van der Waals surface area contributed by atoms with Crippen molar-refractivity contribution in [3.63, 3.8) is 0 Å². The largest absolute Gasteiger partial charge is 0.298 e. The van der Waals surface area contributed by atoms with Gasteiger partial charge in [-0.05, 0) is 36.8 Å². The highest BCUT2D eigenvalue weighted by Crippen LogP contribution is 2.34. The van der Waals surface area contributed by atoms with Gasteiger partial charge in [-0.3, -0.25) is 10.1 Å². The number of benzene rings is 2. The van der Waals surface area contributed by atoms with Crippen LogP contribution in [0.1, 0.15) is 15.9 Å². The molecule has 0 bridgehead atoms. The van der Waals surface area contributed by atoms with Gasteiger partial charge in [0.1, 0.15) is 0 Å². The fraction of sp³-hybridized carbons (Fsp3) is 0.0667. The molecule has 0 unspecified atom stereocenters. The van der Waals surface area contributed by atoms with Crippen LogP contribution >= 0.6 is 46.1 Å². The van der Waals surface area contributed by atoms with E-state index in [-0.39, 0.29) is 5.91 Å². The monoisotopic (exact) mass is 370 g/mol. The standard InChI is InChI=1S/C15H9Cl3N2OS/c1-7-2-5-10(17)13-12(7)19-15(22-13)20-14(21)9-4-3-8(16)6-11(9)18/h2-6H,1H3,(H,19,20,21). The van der Waals surface area contributed by atoms with Gasteiger partial charge in [0.2, 0.25) is 0 Å². The molecular weight excluding hydrogens is 363 g/mol. The second kappa shape index (κ2) is 6.05. The second-order valence-corrected chi connectivity index (χ2v) is 6.89. The Morgan fingerprint density at radius 3 is 2.59 bits per heavy atom. The quantitative estimate of drug-likeness (QED) is 0.617. The Kier molecular flexibility index (Phi) is 4.28. The highest BCUT2D eigenvalue weighted by molar-refractivity contribution is 7.23. The molecule has 0 spiro atoms. The molecule has 3 rings (SSSR count). The summed E-state index contributed by atoms with van der Waals surface area (Å²) in [6.07, 6.45) is 0. The van der Waals surface area contributed by atoms with Gasteiger partial charge in [-0.2, -0.15) is 0 Å². The molecule has 0 aliphatic rings. The number of rotatable bonds is 2. The highest BCUT2D eigenvalue weighted by atomic mass is 35.5. The molecule has 0 aliphatic heterocycles. The molecule has 0 saturated carbocycles. The van der Waals surface area contributed by atoms with Gasteiger partial charge in [-0.25, -0.2) is 4.98 Å². The molecule has 3 nitrogen and oxygen atoms in total. The van der Waals surface area contributed by atoms with E-state index in [0.717, 1.165) is 15.8 Å². The number of carbonyl (C=O) groups excluding carboxylic acids is 1. The lowest BCUT2D eigenvalue weighted by Gasteiger charge is -2.04. The fourth-order valence-corrected chi connectivity index (χ4v) is 3.70. The van der Waals surface area contributed by atoms with Crippen LogP contribution in [0, 0.1) is 6.92 Å². The normalized spacial score (nSPS) is 10.9. The van der Waals surface area contributed by atoms with Crippen molar-refractivity contribution in [3.05, 3.63) is 56.5 Å². The van der Waals surface area contributed by atoms with Crippen molar-refractivity contribution < 1.29 is 4.79 Å². The summed E-state index contributed by atoms with van der Waals surface area (Å²) in [5.41, 5.74) is 2.13. The van der Waals surface area contributed by atoms with Crippen molar-refractivity contribution in [2.45, 2.75) is 6.92 Å². The molecule has 3 aromatic rings. The van der Waals surface area contributed by atoms with Crippen molar-refractivity contribution >= 4 is 67.4 Å². The lowest BCUT2D eigenvalue weighted by molar-refractivity contribution is 0.102. The topological polar surface area (TPSA) is 42.0 Å². The number of aryl methyl sites for hydroxylation is 1. The summed E-state index contributed by atoms with van der Waals surface area (Å²) in [6, 6.07) is 8.43. The van der Waals surface area contributed by atoms with Gasteiger partial charge in [0.25, 0.3) is 5.91 Å². The molecule has 0 aliphatic carbocycles. The summed E-state index contributed by atoms with van der Waals surface area (Å²) in [4.78, 5) is 16.7. The van der Waals surface area contributed by atoms with E-state index in [2.05, 4.69) is 10.3 Å². The summed E-state index contributed by atoms with van der Waals surface area (Å²) < 4.78 is 0.846. The Morgan fingerprint density at radius 2 is 1.91 bits per heavy atom. The maximum Gasteiger partial charge on any atom is 0.258 e. The molecule has 1 aromatic heterocycles. The van der Waals surface area contributed by atoms with Crippen LogP contribution in [0.25, 0.3) is 10.2 Å². The van der Waals surface area contributed by atoms with Crippen LogP contribution in [0.3, 0.4) is 0 Å². The minimum atomic E-state index is -0.338. The van der Waals surface area contributed by atoms with E-state index >= 15 is 0 Å². The lowest BCUT2D eigenvalue weighted by Crippen LogP contribution is -2.12. The Bertz CT molecular complexity index is 853. The van der Waals surface area contributed by atoms with E-state index in [9.17, 15) is 4.79 Å². The maximum atomic E-state index is 12.3. The summed E-state index contributed by atoms with van der Waals surface area (Å²) in [6.45, 7) is 1.94. The van der Waals surface area contributed by atoms with Crippen LogP contribution < -0.4 is 5.32 Å². The van der Waals surface area contributed by atoms with Crippen LogP contribution in [0.15, 0.2) is 30.3 Å². The van der Waals surface area contributed by atoms with Crippen molar-refractivity contribution in [1.82, 2.24) is 4.98 Å². The summed E-state index contributed by atoms with van der Waals surface area (Å²) in [7, 11) is 0. The summed E-state index contributed by atoms with van der Waals surface area (Å²) in [5, 5.41) is 4.60. The van der Waals surface area contributed by atoms with Crippen molar-refractivity contribution in [2.24, 2.45) is 0 Å². The lowest BCUT2D eigenvalue weighted by atomic mass is 10.2. The molecule has 112 valence electrons. The Hall–Kier alpha value is -1.33. The van der Waals surface area contributed by atoms with Crippen LogP contribution in [-0.4, -0.2) is 10.9 Å². The predicted molar refractivity (Wildman–Crippen MR) is 93.8 cm³/mol. The first-order valence-corrected chi connectivity index (χ1v) is 8.23. The SMILES string of the molecule is Cc1ccc(Cl)c2sc(NC(=O)c3ccc(Cl)cc3Cl)nc12. The third-order valence-electron chi connectivity index (χ3n) is 3.09. The Morgan fingerprint density at radius 1 is 1.14 bits per heavy atom. The van der Waals surface area contributed by atoms with E-state index < -0.39 is 0 Å². The van der Waals surface area contributed by atoms with Crippen LogP contribution in [0.5, 0.6) is 0 Å². The van der Waals surface area contributed by atoms with Gasteiger partial charge in [0.05, 0.1) is 25.8 Å². The number of hydrogen-bond acceptors (Lipinski definition) is 3. The first-order chi connectivity index (χ1) is 10.5. The fourth-order valence-electron chi connectivity index (χ4n) is 1.99. The Balaban J connectivity index is 1.94. The van der Waals surface area contributed by atoms with Gasteiger partial charge < -0.3 is 0 Å². The molecule has 1 amide bonds. The van der Waals surface area contributed by atoms with E-state index in [1.807, 2.05) is 19.1 Å². The number of halogens is 3. The predicted octanol–water partition coefficient (Wildman–Crippen LogP) is 5.82. The number of hydrogen-bond donors (Lipinski definition) is 1. The molecule has 0 saturated heterocycles. The van der Waals surface area contributed by atoms with Gasteiger partial charge in [-0.15, -0.1) is 0 Å². The van der Waals surface area contributed by atoms with Crippen molar-refractivity contribution in [3.8, 4) is 0 Å². The van der Waals surface area contributed by atoms with Crippen LogP contribution in [-0.2, 0) is 0 Å². The first-order valence-electron chi connectivity index (χ1n) is 6.28. The van der Waals surface area contributed by atoms with Gasteiger partial charge in [0.15, 0.2) is 5.13 Å². The molecule has 0 atom stereocenters. The molecule has 2 aromatic carbocycles. The summed E-state index contributed by atoms with van der Waals surface area (Å²) in [5.74, 6) is -0.338. The number of thiazole rings is 1. The van der Waals surface area contributed by atoms with E-state index in [1.54, 1.807) is 12.1 Å². The number of amides is 1. The number of nitrogens with zero attached hydrogens (tertiary/aromatic N) is 1. The average Bonchev–Trinajstić information content (AvgIpc) is 2.88. The number of anilines is 1. The molecule has 1 heterocycles. The van der Waals surface area contributed by atoms with E-state index in [0.29, 0.717) is 25.8 Å². The van der Waals surface area contributed by atoms with E-state index in [4.69, 9.17) is 34.8 Å². The smallest absolute Gasteiger partial charge is 0.258 e. The zero-order valence-corrected chi connectivity index (χ0v) is 14.4. The van der Waals surface area contributed by atoms with Gasteiger partial charge in [-0.1, -0.05) is 52.2 Å². The number of aromatic nitrogens is 1. The molecule has 0 fully saturated rings. The highest BCUT2D eigenvalue weighted by Gasteiger charge is 2.15. The molecule has 22 heavy (non-hydrogen) atoms. The van der Waals surface area contributed by atoms with Crippen LogP contribution in [0.2, 0.25) is 15.1 Å². The molecule has 1 N–H and O–H groups in total. The minimum Gasteiger partial charge on any atom is -0.298 e. The first kappa shape index (κ1) is 15.6. The maximum absolute atomic E-state index is 12.3. The zero-order chi connectivity index (χ0) is 15.9. The van der Waals surface area contributed by atoms with Crippen molar-refractivity contribution in [2.75, 3.05) is 5.32 Å². The molecular formula is C15H9Cl3N2OS. The second-order valence-electron chi connectivity index (χ2n) is 4.64. The van der Waals surface area contributed by atoms with E-state index in [1.165, 1.54) is 17.4 Å². The van der Waals surface area contributed by atoms with Gasteiger partial charge in [0, 0.05) is 5.02 Å². The third kappa shape index (κ3) is 2.92.